The van der Waals surface area contributed by atoms with Crippen molar-refractivity contribution in [2.45, 2.75) is 37.9 Å². The Hall–Kier alpha value is -1.25. The topological polar surface area (TPSA) is 57.3 Å². The summed E-state index contributed by atoms with van der Waals surface area (Å²) in [6, 6.07) is 2.58. The van der Waals surface area contributed by atoms with E-state index in [1.165, 1.54) is 18.9 Å². The number of carbonyl (C=O) groups is 1. The first-order chi connectivity index (χ1) is 11.9. The molecule has 5 nitrogen and oxygen atoms in total. The van der Waals surface area contributed by atoms with Crippen LogP contribution in [0.15, 0.2) is 18.3 Å². The summed E-state index contributed by atoms with van der Waals surface area (Å²) in [5, 5.41) is 6.18. The summed E-state index contributed by atoms with van der Waals surface area (Å²) < 4.78 is 37.7. The first-order valence-electron chi connectivity index (χ1n) is 8.70. The van der Waals surface area contributed by atoms with Crippen molar-refractivity contribution in [2.75, 3.05) is 31.1 Å². The Kier molecular flexibility index (Phi) is 9.11. The van der Waals surface area contributed by atoms with Crippen LogP contribution >= 0.6 is 24.8 Å². The van der Waals surface area contributed by atoms with Gasteiger partial charge in [0, 0.05) is 25.3 Å². The number of nitrogens with one attached hydrogen (secondary N) is 2. The third-order valence-corrected chi connectivity index (χ3v) is 4.67. The molecule has 1 saturated carbocycles. The predicted molar refractivity (Wildman–Crippen MR) is 103 cm³/mol. The van der Waals surface area contributed by atoms with Crippen LogP contribution < -0.4 is 15.5 Å². The lowest BCUT2D eigenvalue weighted by Gasteiger charge is -2.33. The number of nitrogens with zero attached hydrogens (tertiary/aromatic N) is 2. The monoisotopic (exact) mass is 428 g/mol. The molecule has 10 heteroatoms. The molecule has 1 aliphatic carbocycles. The molecule has 2 heterocycles. The molecule has 1 aromatic heterocycles. The minimum atomic E-state index is -4.36. The van der Waals surface area contributed by atoms with Gasteiger partial charge in [0.1, 0.15) is 5.82 Å². The van der Waals surface area contributed by atoms with E-state index in [9.17, 15) is 18.0 Å². The Labute approximate surface area is 169 Å². The second-order valence-electron chi connectivity index (χ2n) is 6.81. The quantitative estimate of drug-likeness (QED) is 0.730. The van der Waals surface area contributed by atoms with Crippen molar-refractivity contribution in [1.29, 1.82) is 0 Å². The summed E-state index contributed by atoms with van der Waals surface area (Å²) in [4.78, 5) is 17.8. The molecule has 1 saturated heterocycles. The first kappa shape index (κ1) is 23.8. The van der Waals surface area contributed by atoms with Gasteiger partial charge in [0.05, 0.1) is 12.1 Å². The third kappa shape index (κ3) is 7.35. The zero-order chi connectivity index (χ0) is 17.9. The van der Waals surface area contributed by atoms with E-state index in [2.05, 4.69) is 15.6 Å². The van der Waals surface area contributed by atoms with Gasteiger partial charge < -0.3 is 15.5 Å². The molecule has 2 fully saturated rings. The summed E-state index contributed by atoms with van der Waals surface area (Å²) in [5.41, 5.74) is -0.739. The molecule has 0 spiro atoms. The van der Waals surface area contributed by atoms with Gasteiger partial charge in [-0.05, 0) is 50.3 Å². The van der Waals surface area contributed by atoms with E-state index < -0.39 is 11.7 Å². The van der Waals surface area contributed by atoms with Gasteiger partial charge in [0.15, 0.2) is 0 Å². The van der Waals surface area contributed by atoms with Crippen LogP contribution in [0.3, 0.4) is 0 Å². The van der Waals surface area contributed by atoms with E-state index >= 15 is 0 Å². The summed E-state index contributed by atoms with van der Waals surface area (Å²) in [6.45, 7) is 2.58. The molecular formula is C17H25Cl2F3N4O. The molecule has 1 aromatic rings. The lowest BCUT2D eigenvalue weighted by atomic mass is 10.0. The number of aromatic nitrogens is 1. The highest BCUT2D eigenvalue weighted by Crippen LogP contribution is 2.30. The van der Waals surface area contributed by atoms with E-state index in [-0.39, 0.29) is 36.8 Å². The van der Waals surface area contributed by atoms with Crippen LogP contribution in [0.5, 0.6) is 0 Å². The fourth-order valence-electron chi connectivity index (χ4n) is 2.98. The Morgan fingerprint density at radius 3 is 2.33 bits per heavy atom. The highest BCUT2D eigenvalue weighted by Gasteiger charge is 2.31. The zero-order valence-electron chi connectivity index (χ0n) is 14.8. The zero-order valence-corrected chi connectivity index (χ0v) is 16.4. The van der Waals surface area contributed by atoms with Gasteiger partial charge in [0.25, 0.3) is 0 Å². The molecule has 1 aliphatic heterocycles. The Morgan fingerprint density at radius 2 is 1.81 bits per heavy atom. The van der Waals surface area contributed by atoms with Gasteiger partial charge in [-0.3, -0.25) is 4.79 Å². The lowest BCUT2D eigenvalue weighted by molar-refractivity contribution is -0.137. The van der Waals surface area contributed by atoms with Crippen LogP contribution in [0, 0.1) is 5.92 Å². The highest BCUT2D eigenvalue weighted by molar-refractivity contribution is 5.85. The average Bonchev–Trinajstić information content (AvgIpc) is 3.39. The second kappa shape index (κ2) is 10.3. The summed E-state index contributed by atoms with van der Waals surface area (Å²) in [6.07, 6.45) is 0.537. The first-order valence-corrected chi connectivity index (χ1v) is 8.70. The number of piperidine rings is 1. The molecule has 0 radical (unpaired) electrons. The fourth-order valence-corrected chi connectivity index (χ4v) is 2.98. The fraction of sp³-hybridized carbons (Fsp3) is 0.647. The van der Waals surface area contributed by atoms with Crippen LogP contribution in [-0.4, -0.2) is 43.1 Å². The van der Waals surface area contributed by atoms with E-state index in [1.54, 1.807) is 0 Å². The van der Waals surface area contributed by atoms with Crippen molar-refractivity contribution in [3.05, 3.63) is 23.9 Å². The smallest absolute Gasteiger partial charge is 0.356 e. The number of amides is 1. The Morgan fingerprint density at radius 1 is 1.15 bits per heavy atom. The molecule has 0 bridgehead atoms. The largest absolute Gasteiger partial charge is 0.417 e. The van der Waals surface area contributed by atoms with E-state index in [0.29, 0.717) is 25.5 Å². The van der Waals surface area contributed by atoms with E-state index in [0.717, 1.165) is 37.6 Å². The molecule has 3 rings (SSSR count). The number of anilines is 1. The highest BCUT2D eigenvalue weighted by atomic mass is 35.5. The second-order valence-corrected chi connectivity index (χ2v) is 6.81. The van der Waals surface area contributed by atoms with Gasteiger partial charge in [0.2, 0.25) is 5.91 Å². The molecule has 0 unspecified atom stereocenters. The lowest BCUT2D eigenvalue weighted by Crippen LogP contribution is -2.47. The van der Waals surface area contributed by atoms with Crippen molar-refractivity contribution in [3.63, 3.8) is 0 Å². The molecule has 0 atom stereocenters. The van der Waals surface area contributed by atoms with Gasteiger partial charge in [-0.15, -0.1) is 24.8 Å². The average molecular weight is 429 g/mol. The maximum Gasteiger partial charge on any atom is 0.417 e. The standard InChI is InChI=1S/C17H23F3N4O.2ClH/c18-17(19,20)13-3-4-15(22-10-13)24-7-5-14(6-8-24)23-16(25)11-21-9-12-1-2-12;;/h3-4,10,12,14,21H,1-2,5-9,11H2,(H,23,25);2*1H. The SMILES string of the molecule is Cl.Cl.O=C(CNCC1CC1)NC1CCN(c2ccc(C(F)(F)F)cn2)CC1. The van der Waals surface area contributed by atoms with Crippen molar-refractivity contribution in [3.8, 4) is 0 Å². The van der Waals surface area contributed by atoms with Crippen molar-refractivity contribution in [2.24, 2.45) is 5.92 Å². The molecule has 27 heavy (non-hydrogen) atoms. The summed E-state index contributed by atoms with van der Waals surface area (Å²) in [7, 11) is 0. The maximum atomic E-state index is 12.6. The molecule has 2 aliphatic rings. The molecule has 1 amide bonds. The molecule has 2 N–H and O–H groups in total. The van der Waals surface area contributed by atoms with Gasteiger partial charge in [-0.2, -0.15) is 13.2 Å². The van der Waals surface area contributed by atoms with Gasteiger partial charge in [-0.25, -0.2) is 4.98 Å². The number of halogens is 5. The summed E-state index contributed by atoms with van der Waals surface area (Å²) in [5.74, 6) is 1.29. The Bertz CT molecular complexity index is 589. The number of rotatable bonds is 6. The predicted octanol–water partition coefficient (Wildman–Crippen LogP) is 3.03. The van der Waals surface area contributed by atoms with Gasteiger partial charge >= 0.3 is 6.18 Å². The minimum Gasteiger partial charge on any atom is -0.356 e. The Balaban J connectivity index is 0.00000182. The van der Waals surface area contributed by atoms with E-state index in [4.69, 9.17) is 0 Å². The van der Waals surface area contributed by atoms with Crippen molar-refractivity contribution >= 4 is 36.5 Å². The summed E-state index contributed by atoms with van der Waals surface area (Å²) >= 11 is 0. The van der Waals surface area contributed by atoms with Crippen molar-refractivity contribution in [1.82, 2.24) is 15.6 Å². The van der Waals surface area contributed by atoms with E-state index in [1.807, 2.05) is 4.90 Å². The van der Waals surface area contributed by atoms with Crippen LogP contribution in [0.25, 0.3) is 0 Å². The third-order valence-electron chi connectivity index (χ3n) is 4.67. The van der Waals surface area contributed by atoms with Crippen molar-refractivity contribution < 1.29 is 18.0 Å². The number of hydrogen-bond acceptors (Lipinski definition) is 4. The minimum absolute atomic E-state index is 0. The number of alkyl halides is 3. The molecule has 154 valence electrons. The molecule has 0 aromatic carbocycles. The van der Waals surface area contributed by atoms with Crippen LogP contribution in [-0.2, 0) is 11.0 Å². The molecular weight excluding hydrogens is 404 g/mol. The van der Waals surface area contributed by atoms with Crippen LogP contribution in [0.4, 0.5) is 19.0 Å². The van der Waals surface area contributed by atoms with Gasteiger partial charge in [-0.1, -0.05) is 0 Å². The number of hydrogen-bond donors (Lipinski definition) is 2. The number of carbonyl (C=O) groups excluding carboxylic acids is 1. The normalized spacial score (nSPS) is 17.7. The number of pyridine rings is 1. The van der Waals surface area contributed by atoms with Crippen LogP contribution in [0.1, 0.15) is 31.2 Å². The van der Waals surface area contributed by atoms with Crippen LogP contribution in [0.2, 0.25) is 0 Å². The maximum absolute atomic E-state index is 12.6.